The molecule has 124 valence electrons. The average molecular weight is 344 g/mol. The molecule has 2 aromatic rings. The van der Waals surface area contributed by atoms with Gasteiger partial charge in [0.1, 0.15) is 0 Å². The van der Waals surface area contributed by atoms with E-state index < -0.39 is 24.7 Å². The first-order valence-corrected chi connectivity index (χ1v) is 8.01. The third-order valence-electron chi connectivity index (χ3n) is 4.02. The minimum absolute atomic E-state index is 0.0747. The molecule has 0 radical (unpaired) electrons. The molecule has 2 heterocycles. The van der Waals surface area contributed by atoms with Crippen LogP contribution in [0.25, 0.3) is 10.2 Å². The van der Waals surface area contributed by atoms with Crippen LogP contribution in [0.1, 0.15) is 17.8 Å². The van der Waals surface area contributed by atoms with Crippen molar-refractivity contribution in [2.24, 2.45) is 0 Å². The highest BCUT2D eigenvalue weighted by atomic mass is 32.1. The topological polar surface area (TPSA) is 53.4 Å². The van der Waals surface area contributed by atoms with Crippen molar-refractivity contribution < 1.29 is 23.1 Å². The molecule has 23 heavy (non-hydrogen) atoms. The predicted octanol–water partition coefficient (Wildman–Crippen LogP) is 2.75. The first kappa shape index (κ1) is 16.2. The third kappa shape index (κ3) is 3.18. The Morgan fingerprint density at radius 1 is 1.39 bits per heavy atom. The number of hydrogen-bond donors (Lipinski definition) is 1. The molecule has 1 aromatic carbocycles. The summed E-state index contributed by atoms with van der Waals surface area (Å²) in [6.07, 6.45) is -4.70. The van der Waals surface area contributed by atoms with Crippen molar-refractivity contribution in [3.8, 4) is 0 Å². The summed E-state index contributed by atoms with van der Waals surface area (Å²) in [4.78, 5) is 17.6. The summed E-state index contributed by atoms with van der Waals surface area (Å²) in [6.45, 7) is -0.760. The van der Waals surface area contributed by atoms with Crippen molar-refractivity contribution in [3.05, 3.63) is 29.3 Å². The number of thiazole rings is 1. The summed E-state index contributed by atoms with van der Waals surface area (Å²) in [5.41, 5.74) is -1.93. The second kappa shape index (κ2) is 5.76. The molecule has 0 spiro atoms. The van der Waals surface area contributed by atoms with Crippen LogP contribution in [0.2, 0.25) is 0 Å². The van der Waals surface area contributed by atoms with Crippen molar-refractivity contribution in [3.63, 3.8) is 0 Å². The molecule has 1 N–H and O–H groups in total. The first-order chi connectivity index (χ1) is 10.8. The van der Waals surface area contributed by atoms with Gasteiger partial charge in [-0.1, -0.05) is 12.1 Å². The molecule has 1 unspecified atom stereocenters. The van der Waals surface area contributed by atoms with Crippen LogP contribution in [-0.2, 0) is 11.2 Å². The Balaban J connectivity index is 1.60. The zero-order valence-electron chi connectivity index (χ0n) is 12.1. The van der Waals surface area contributed by atoms with Crippen LogP contribution in [0.5, 0.6) is 0 Å². The van der Waals surface area contributed by atoms with Gasteiger partial charge >= 0.3 is 6.18 Å². The lowest BCUT2D eigenvalue weighted by Crippen LogP contribution is -2.48. The maximum absolute atomic E-state index is 12.8. The van der Waals surface area contributed by atoms with E-state index in [-0.39, 0.29) is 18.9 Å². The van der Waals surface area contributed by atoms with E-state index >= 15 is 0 Å². The smallest absolute Gasteiger partial charge is 0.379 e. The van der Waals surface area contributed by atoms with Gasteiger partial charge in [-0.15, -0.1) is 11.3 Å². The molecule has 1 fully saturated rings. The molecule has 0 bridgehead atoms. The highest BCUT2D eigenvalue weighted by Gasteiger charge is 2.57. The first-order valence-electron chi connectivity index (χ1n) is 7.20. The van der Waals surface area contributed by atoms with Crippen molar-refractivity contribution in [2.45, 2.75) is 31.0 Å². The number of para-hydroxylation sites is 1. The molecule has 1 aliphatic heterocycles. The van der Waals surface area contributed by atoms with Crippen molar-refractivity contribution in [2.75, 3.05) is 13.1 Å². The van der Waals surface area contributed by atoms with E-state index in [1.807, 2.05) is 24.3 Å². The number of fused-ring (bicyclic) bond motifs is 1. The number of aromatic nitrogens is 1. The summed E-state index contributed by atoms with van der Waals surface area (Å²) < 4.78 is 39.3. The van der Waals surface area contributed by atoms with Crippen LogP contribution in [0, 0.1) is 0 Å². The number of alkyl halides is 3. The Kier molecular flexibility index (Phi) is 4.05. The zero-order valence-corrected chi connectivity index (χ0v) is 13.0. The van der Waals surface area contributed by atoms with E-state index in [0.717, 1.165) is 20.1 Å². The Bertz CT molecular complexity index is 698. The van der Waals surface area contributed by atoms with Gasteiger partial charge in [-0.05, 0) is 12.1 Å². The molecular formula is C15H15F3N2O2S. The summed E-state index contributed by atoms with van der Waals surface area (Å²) in [6, 6.07) is 7.58. The molecule has 1 amide bonds. The van der Waals surface area contributed by atoms with Gasteiger partial charge in [-0.25, -0.2) is 4.98 Å². The number of β-amino-alcohol motifs (C(OH)–C–C–N with tert-alkyl or cyclic N) is 1. The van der Waals surface area contributed by atoms with E-state index in [1.165, 1.54) is 11.3 Å². The standard InChI is InChI=1S/C15H15F3N2O2S/c16-15(17,18)14(22)7-8-20(9-14)13(21)6-5-12-19-10-3-1-2-4-11(10)23-12/h1-4,22H,5-9H2. The van der Waals surface area contributed by atoms with Gasteiger partial charge in [-0.3, -0.25) is 4.79 Å². The van der Waals surface area contributed by atoms with Crippen molar-refractivity contribution in [1.29, 1.82) is 0 Å². The van der Waals surface area contributed by atoms with E-state index in [9.17, 15) is 23.1 Å². The highest BCUT2D eigenvalue weighted by molar-refractivity contribution is 7.18. The molecule has 1 aromatic heterocycles. The van der Waals surface area contributed by atoms with Crippen LogP contribution in [0.3, 0.4) is 0 Å². The molecule has 3 rings (SSSR count). The second-order valence-electron chi connectivity index (χ2n) is 5.67. The van der Waals surface area contributed by atoms with E-state index in [0.29, 0.717) is 6.42 Å². The summed E-state index contributed by atoms with van der Waals surface area (Å²) in [7, 11) is 0. The Labute approximate surface area is 134 Å². The summed E-state index contributed by atoms with van der Waals surface area (Å²) in [5, 5.41) is 10.4. The predicted molar refractivity (Wildman–Crippen MR) is 80.1 cm³/mol. The number of aliphatic hydroxyl groups is 1. The molecule has 1 saturated heterocycles. The van der Waals surface area contributed by atoms with Crippen LogP contribution in [0.4, 0.5) is 13.2 Å². The maximum Gasteiger partial charge on any atom is 0.419 e. The van der Waals surface area contributed by atoms with E-state index in [4.69, 9.17) is 0 Å². The number of aryl methyl sites for hydroxylation is 1. The van der Waals surface area contributed by atoms with Crippen LogP contribution < -0.4 is 0 Å². The monoisotopic (exact) mass is 344 g/mol. The second-order valence-corrected chi connectivity index (χ2v) is 6.79. The fraction of sp³-hybridized carbons (Fsp3) is 0.467. The zero-order chi connectivity index (χ0) is 16.7. The third-order valence-corrected chi connectivity index (χ3v) is 5.12. The fourth-order valence-electron chi connectivity index (χ4n) is 2.64. The number of amides is 1. The minimum Gasteiger partial charge on any atom is -0.379 e. The minimum atomic E-state index is -4.71. The fourth-order valence-corrected chi connectivity index (χ4v) is 3.60. The lowest BCUT2D eigenvalue weighted by atomic mass is 10.0. The number of rotatable bonds is 3. The normalized spacial score (nSPS) is 22.0. The number of nitrogens with zero attached hydrogens (tertiary/aromatic N) is 2. The van der Waals surface area contributed by atoms with Gasteiger partial charge in [0.25, 0.3) is 0 Å². The largest absolute Gasteiger partial charge is 0.419 e. The molecule has 1 atom stereocenters. The van der Waals surface area contributed by atoms with Gasteiger partial charge in [0, 0.05) is 25.8 Å². The highest BCUT2D eigenvalue weighted by Crippen LogP contribution is 2.37. The number of hydrogen-bond acceptors (Lipinski definition) is 4. The summed E-state index contributed by atoms with van der Waals surface area (Å²) >= 11 is 1.47. The van der Waals surface area contributed by atoms with Crippen molar-refractivity contribution >= 4 is 27.5 Å². The van der Waals surface area contributed by atoms with Gasteiger partial charge in [0.2, 0.25) is 5.91 Å². The van der Waals surface area contributed by atoms with Gasteiger partial charge in [-0.2, -0.15) is 13.2 Å². The Hall–Kier alpha value is -1.67. The number of halogens is 3. The maximum atomic E-state index is 12.8. The van der Waals surface area contributed by atoms with Gasteiger partial charge in [0.05, 0.1) is 21.8 Å². The number of likely N-dealkylation sites (tertiary alicyclic amines) is 1. The lowest BCUT2D eigenvalue weighted by molar-refractivity contribution is -0.253. The van der Waals surface area contributed by atoms with Crippen LogP contribution in [0.15, 0.2) is 24.3 Å². The molecule has 0 aliphatic carbocycles. The molecule has 4 nitrogen and oxygen atoms in total. The van der Waals surface area contributed by atoms with E-state index in [2.05, 4.69) is 4.98 Å². The quantitative estimate of drug-likeness (QED) is 0.932. The Morgan fingerprint density at radius 3 is 2.78 bits per heavy atom. The molecular weight excluding hydrogens is 329 g/mol. The average Bonchev–Trinajstić information content (AvgIpc) is 3.08. The SMILES string of the molecule is O=C(CCc1nc2ccccc2s1)N1CCC(O)(C(F)(F)F)C1. The number of carbonyl (C=O) groups is 1. The van der Waals surface area contributed by atoms with Crippen LogP contribution >= 0.6 is 11.3 Å². The number of carbonyl (C=O) groups excluding carboxylic acids is 1. The molecule has 0 saturated carbocycles. The van der Waals surface area contributed by atoms with Crippen LogP contribution in [-0.4, -0.2) is 45.8 Å². The Morgan fingerprint density at radius 2 is 2.13 bits per heavy atom. The molecule has 1 aliphatic rings. The summed E-state index contributed by atoms with van der Waals surface area (Å²) in [5.74, 6) is -0.385. The lowest BCUT2D eigenvalue weighted by Gasteiger charge is -2.25. The molecule has 8 heteroatoms. The van der Waals surface area contributed by atoms with Gasteiger partial charge in [0.15, 0.2) is 5.60 Å². The number of benzene rings is 1. The van der Waals surface area contributed by atoms with E-state index in [1.54, 1.807) is 0 Å². The van der Waals surface area contributed by atoms with Gasteiger partial charge < -0.3 is 10.0 Å². The van der Waals surface area contributed by atoms with Crippen molar-refractivity contribution in [1.82, 2.24) is 9.88 Å².